The van der Waals surface area contributed by atoms with Crippen LogP contribution in [-0.4, -0.2) is 32.5 Å². The van der Waals surface area contributed by atoms with E-state index in [1.165, 1.54) is 5.56 Å². The molecule has 3 heterocycles. The van der Waals surface area contributed by atoms with E-state index in [4.69, 9.17) is 9.72 Å². The minimum absolute atomic E-state index is 0.252. The lowest BCUT2D eigenvalue weighted by molar-refractivity contribution is 0.314. The first-order valence-electron chi connectivity index (χ1n) is 8.92. The Morgan fingerprint density at radius 2 is 2.19 bits per heavy atom. The lowest BCUT2D eigenvalue weighted by atomic mass is 10.1. The number of rotatable bonds is 8. The maximum Gasteiger partial charge on any atom is 0.259 e. The summed E-state index contributed by atoms with van der Waals surface area (Å²) in [6.45, 7) is 11.4. The first-order chi connectivity index (χ1) is 12.7. The van der Waals surface area contributed by atoms with Crippen LogP contribution in [0, 0.1) is 6.92 Å². The highest BCUT2D eigenvalue weighted by molar-refractivity contribution is 5.64. The highest BCUT2D eigenvalue weighted by atomic mass is 16.5. The lowest BCUT2D eigenvalue weighted by Gasteiger charge is -2.15. The second-order valence-corrected chi connectivity index (χ2v) is 6.15. The molecule has 0 aliphatic carbocycles. The van der Waals surface area contributed by atoms with Crippen molar-refractivity contribution >= 4 is 5.65 Å². The highest BCUT2D eigenvalue weighted by Gasteiger charge is 2.16. The summed E-state index contributed by atoms with van der Waals surface area (Å²) >= 11 is 0. The molecular formula is C20H25N5O. The van der Waals surface area contributed by atoms with Gasteiger partial charge in [-0.15, -0.1) is 6.58 Å². The third kappa shape index (κ3) is 3.60. The van der Waals surface area contributed by atoms with E-state index in [2.05, 4.69) is 41.8 Å². The second-order valence-electron chi connectivity index (χ2n) is 6.15. The van der Waals surface area contributed by atoms with Crippen molar-refractivity contribution < 1.29 is 4.74 Å². The smallest absolute Gasteiger partial charge is 0.259 e. The van der Waals surface area contributed by atoms with Gasteiger partial charge in [0.25, 0.3) is 5.88 Å². The van der Waals surface area contributed by atoms with Crippen molar-refractivity contribution in [2.75, 3.05) is 13.2 Å². The third-order valence-electron chi connectivity index (χ3n) is 4.35. The van der Waals surface area contributed by atoms with Crippen LogP contribution in [0.1, 0.15) is 37.6 Å². The number of ether oxygens (including phenoxy) is 1. The summed E-state index contributed by atoms with van der Waals surface area (Å²) in [4.78, 5) is 13.7. The fourth-order valence-corrected chi connectivity index (χ4v) is 2.93. The standard InChI is InChI=1S/C20H25N5O/c1-5-7-12-26-20-19-23-10-11-25(19)15(4)18(24-20)17-13-16(8-9-22-17)14(3)21-6-2/h5,8-11,13-14,21H,1,6-7,12H2,2-4H3. The Morgan fingerprint density at radius 3 is 2.96 bits per heavy atom. The van der Waals surface area contributed by atoms with E-state index in [-0.39, 0.29) is 6.04 Å². The van der Waals surface area contributed by atoms with Gasteiger partial charge in [0, 0.05) is 30.3 Å². The lowest BCUT2D eigenvalue weighted by Crippen LogP contribution is -2.17. The molecule has 0 fully saturated rings. The molecular weight excluding hydrogens is 326 g/mol. The number of fused-ring (bicyclic) bond motifs is 1. The van der Waals surface area contributed by atoms with Crippen molar-refractivity contribution in [3.8, 4) is 17.3 Å². The average molecular weight is 351 g/mol. The highest BCUT2D eigenvalue weighted by Crippen LogP contribution is 2.27. The largest absolute Gasteiger partial charge is 0.475 e. The summed E-state index contributed by atoms with van der Waals surface area (Å²) in [5.41, 5.74) is 4.50. The number of imidazole rings is 1. The molecule has 0 aliphatic heterocycles. The minimum Gasteiger partial charge on any atom is -0.475 e. The summed E-state index contributed by atoms with van der Waals surface area (Å²) in [7, 11) is 0. The fraction of sp³-hybridized carbons (Fsp3) is 0.350. The monoisotopic (exact) mass is 351 g/mol. The zero-order chi connectivity index (χ0) is 18.5. The Morgan fingerprint density at radius 1 is 1.35 bits per heavy atom. The Bertz CT molecular complexity index is 902. The molecule has 136 valence electrons. The van der Waals surface area contributed by atoms with E-state index in [0.29, 0.717) is 18.1 Å². The first kappa shape index (κ1) is 18.1. The zero-order valence-electron chi connectivity index (χ0n) is 15.6. The molecule has 0 saturated carbocycles. The molecule has 0 bridgehead atoms. The quantitative estimate of drug-likeness (QED) is 0.495. The van der Waals surface area contributed by atoms with Crippen molar-refractivity contribution in [2.24, 2.45) is 0 Å². The Hall–Kier alpha value is -2.73. The van der Waals surface area contributed by atoms with Crippen LogP contribution in [0.2, 0.25) is 0 Å². The van der Waals surface area contributed by atoms with E-state index in [1.54, 1.807) is 6.20 Å². The van der Waals surface area contributed by atoms with E-state index < -0.39 is 0 Å². The SMILES string of the molecule is C=CCCOc1nc(-c2cc(C(C)NCC)ccn2)c(C)n2ccnc12. The van der Waals surface area contributed by atoms with Crippen LogP contribution in [0.3, 0.4) is 0 Å². The van der Waals surface area contributed by atoms with Crippen LogP contribution >= 0.6 is 0 Å². The van der Waals surface area contributed by atoms with Crippen molar-refractivity contribution in [2.45, 2.75) is 33.2 Å². The van der Waals surface area contributed by atoms with E-state index >= 15 is 0 Å². The summed E-state index contributed by atoms with van der Waals surface area (Å²) in [5.74, 6) is 0.518. The summed E-state index contributed by atoms with van der Waals surface area (Å²) in [6, 6.07) is 4.37. The molecule has 1 unspecified atom stereocenters. The summed E-state index contributed by atoms with van der Waals surface area (Å²) < 4.78 is 7.84. The molecule has 3 rings (SSSR count). The van der Waals surface area contributed by atoms with Crippen LogP contribution in [0.4, 0.5) is 0 Å². The Balaban J connectivity index is 2.05. The van der Waals surface area contributed by atoms with Crippen molar-refractivity contribution in [1.29, 1.82) is 0 Å². The molecule has 0 spiro atoms. The van der Waals surface area contributed by atoms with Gasteiger partial charge in [-0.3, -0.25) is 9.38 Å². The van der Waals surface area contributed by atoms with Gasteiger partial charge in [-0.2, -0.15) is 0 Å². The summed E-state index contributed by atoms with van der Waals surface area (Å²) in [6.07, 6.45) is 8.08. The van der Waals surface area contributed by atoms with Gasteiger partial charge >= 0.3 is 0 Å². The average Bonchev–Trinajstić information content (AvgIpc) is 3.15. The van der Waals surface area contributed by atoms with Crippen LogP contribution in [0.25, 0.3) is 17.0 Å². The maximum atomic E-state index is 5.85. The molecule has 0 radical (unpaired) electrons. The second kappa shape index (κ2) is 8.10. The van der Waals surface area contributed by atoms with E-state index in [1.807, 2.05) is 35.9 Å². The number of pyridine rings is 1. The van der Waals surface area contributed by atoms with E-state index in [0.717, 1.165) is 30.0 Å². The molecule has 0 amide bonds. The molecule has 3 aromatic heterocycles. The molecule has 3 aromatic rings. The topological polar surface area (TPSA) is 64.3 Å². The Kier molecular flexibility index (Phi) is 5.63. The van der Waals surface area contributed by atoms with Crippen LogP contribution in [0.15, 0.2) is 43.4 Å². The molecule has 0 aliphatic rings. The normalized spacial score (nSPS) is 12.3. The number of aromatic nitrogens is 4. The van der Waals surface area contributed by atoms with E-state index in [9.17, 15) is 0 Å². The van der Waals surface area contributed by atoms with Crippen LogP contribution < -0.4 is 10.1 Å². The van der Waals surface area contributed by atoms with Gasteiger partial charge in [-0.1, -0.05) is 13.0 Å². The predicted molar refractivity (Wildman–Crippen MR) is 103 cm³/mol. The van der Waals surface area contributed by atoms with Gasteiger partial charge in [0.15, 0.2) is 0 Å². The zero-order valence-corrected chi connectivity index (χ0v) is 15.6. The van der Waals surface area contributed by atoms with Crippen molar-refractivity contribution in [1.82, 2.24) is 24.7 Å². The molecule has 26 heavy (non-hydrogen) atoms. The summed E-state index contributed by atoms with van der Waals surface area (Å²) in [5, 5.41) is 3.43. The van der Waals surface area contributed by atoms with Gasteiger partial charge in [0.2, 0.25) is 5.65 Å². The van der Waals surface area contributed by atoms with Gasteiger partial charge in [0.1, 0.15) is 5.69 Å². The molecule has 0 saturated heterocycles. The van der Waals surface area contributed by atoms with Gasteiger partial charge in [0.05, 0.1) is 12.3 Å². The number of aryl methyl sites for hydroxylation is 1. The molecule has 1 N–H and O–H groups in total. The third-order valence-corrected chi connectivity index (χ3v) is 4.35. The molecule has 6 heteroatoms. The number of hydrogen-bond donors (Lipinski definition) is 1. The fourth-order valence-electron chi connectivity index (χ4n) is 2.93. The molecule has 0 aromatic carbocycles. The number of hydrogen-bond acceptors (Lipinski definition) is 5. The minimum atomic E-state index is 0.252. The first-order valence-corrected chi connectivity index (χ1v) is 8.92. The van der Waals surface area contributed by atoms with Crippen molar-refractivity contribution in [3.63, 3.8) is 0 Å². The van der Waals surface area contributed by atoms with Gasteiger partial charge < -0.3 is 10.1 Å². The Labute approximate surface area is 154 Å². The number of nitrogens with zero attached hydrogens (tertiary/aromatic N) is 4. The number of nitrogens with one attached hydrogen (secondary N) is 1. The molecule has 6 nitrogen and oxygen atoms in total. The van der Waals surface area contributed by atoms with Crippen molar-refractivity contribution in [3.05, 3.63) is 54.6 Å². The van der Waals surface area contributed by atoms with Gasteiger partial charge in [-0.25, -0.2) is 9.97 Å². The predicted octanol–water partition coefficient (Wildman–Crippen LogP) is 3.73. The molecule has 1 atom stereocenters. The van der Waals surface area contributed by atoms with Gasteiger partial charge in [-0.05, 0) is 44.5 Å². The van der Waals surface area contributed by atoms with Crippen LogP contribution in [-0.2, 0) is 0 Å². The maximum absolute atomic E-state index is 5.85. The van der Waals surface area contributed by atoms with Crippen LogP contribution in [0.5, 0.6) is 5.88 Å².